The van der Waals surface area contributed by atoms with Gasteiger partial charge in [0.15, 0.2) is 6.10 Å². The zero-order valence-corrected chi connectivity index (χ0v) is 18.6. The molecule has 1 saturated heterocycles. The summed E-state index contributed by atoms with van der Waals surface area (Å²) in [5.41, 5.74) is 8.36. The Morgan fingerprint density at radius 3 is 2.32 bits per heavy atom. The Bertz CT molecular complexity index is 880. The van der Waals surface area contributed by atoms with E-state index in [0.29, 0.717) is 5.75 Å². The Hall–Kier alpha value is -2.90. The van der Waals surface area contributed by atoms with Crippen LogP contribution in [0.2, 0.25) is 0 Å². The Balaban J connectivity index is 1.36. The molecule has 0 aliphatic carbocycles. The van der Waals surface area contributed by atoms with Crippen molar-refractivity contribution in [2.45, 2.75) is 33.4 Å². The van der Waals surface area contributed by atoms with Crippen LogP contribution in [0.5, 0.6) is 5.75 Å². The summed E-state index contributed by atoms with van der Waals surface area (Å²) in [5.74, 6) is 0.0492. The molecule has 0 bridgehead atoms. The van der Waals surface area contributed by atoms with Gasteiger partial charge in [-0.25, -0.2) is 0 Å². The van der Waals surface area contributed by atoms with E-state index in [4.69, 9.17) is 4.74 Å². The molecular weight excluding hydrogens is 392 g/mol. The number of benzene rings is 2. The SMILES string of the molecule is Cc1cccc(OC(C)C(=O)NNC(=O)CN2CCN(Cc3ccccc3)CC2)c1C. The lowest BCUT2D eigenvalue weighted by Crippen LogP contribution is -2.53. The van der Waals surface area contributed by atoms with Gasteiger partial charge in [-0.3, -0.25) is 30.2 Å². The zero-order valence-electron chi connectivity index (χ0n) is 18.6. The molecule has 0 spiro atoms. The zero-order chi connectivity index (χ0) is 22.2. The number of ether oxygens (including phenoxy) is 1. The number of carbonyl (C=O) groups excluding carboxylic acids is 2. The van der Waals surface area contributed by atoms with Crippen LogP contribution in [-0.4, -0.2) is 60.4 Å². The standard InChI is InChI=1S/C24H32N4O3/c1-18-8-7-11-22(19(18)2)31-20(3)24(30)26-25-23(29)17-28-14-12-27(13-15-28)16-21-9-5-4-6-10-21/h4-11,20H,12-17H2,1-3H3,(H,25,29)(H,26,30). The van der Waals surface area contributed by atoms with Gasteiger partial charge in [0.25, 0.3) is 11.8 Å². The first kappa shape index (κ1) is 22.8. The van der Waals surface area contributed by atoms with Gasteiger partial charge >= 0.3 is 0 Å². The van der Waals surface area contributed by atoms with Gasteiger partial charge in [0.2, 0.25) is 0 Å². The van der Waals surface area contributed by atoms with Crippen molar-refractivity contribution in [2.24, 2.45) is 0 Å². The highest BCUT2D eigenvalue weighted by molar-refractivity contribution is 5.85. The second kappa shape index (κ2) is 10.9. The molecule has 0 saturated carbocycles. The quantitative estimate of drug-likeness (QED) is 0.666. The number of hydrogen-bond donors (Lipinski definition) is 2. The highest BCUT2D eigenvalue weighted by Gasteiger charge is 2.20. The van der Waals surface area contributed by atoms with Crippen molar-refractivity contribution in [1.29, 1.82) is 0 Å². The number of rotatable bonds is 7. The van der Waals surface area contributed by atoms with E-state index < -0.39 is 6.10 Å². The molecule has 1 atom stereocenters. The number of aryl methyl sites for hydroxylation is 1. The molecule has 31 heavy (non-hydrogen) atoms. The van der Waals surface area contributed by atoms with Gasteiger partial charge in [0.05, 0.1) is 6.54 Å². The Labute approximate surface area is 184 Å². The molecule has 1 aliphatic heterocycles. The van der Waals surface area contributed by atoms with Crippen LogP contribution in [0.15, 0.2) is 48.5 Å². The van der Waals surface area contributed by atoms with Gasteiger partial charge in [-0.2, -0.15) is 0 Å². The van der Waals surface area contributed by atoms with Crippen LogP contribution < -0.4 is 15.6 Å². The molecule has 7 nitrogen and oxygen atoms in total. The summed E-state index contributed by atoms with van der Waals surface area (Å²) in [6, 6.07) is 16.1. The smallest absolute Gasteiger partial charge is 0.279 e. The summed E-state index contributed by atoms with van der Waals surface area (Å²) in [6.07, 6.45) is -0.720. The number of nitrogens with zero attached hydrogens (tertiary/aromatic N) is 2. The molecule has 3 rings (SSSR count). The Morgan fingerprint density at radius 2 is 1.61 bits per heavy atom. The number of nitrogens with one attached hydrogen (secondary N) is 2. The van der Waals surface area contributed by atoms with Crippen molar-refractivity contribution in [3.63, 3.8) is 0 Å². The van der Waals surface area contributed by atoms with E-state index in [2.05, 4.69) is 44.9 Å². The van der Waals surface area contributed by atoms with Crippen LogP contribution in [0, 0.1) is 13.8 Å². The molecule has 0 aromatic heterocycles. The van der Waals surface area contributed by atoms with Gasteiger partial charge in [0, 0.05) is 32.7 Å². The van der Waals surface area contributed by atoms with Gasteiger partial charge < -0.3 is 4.74 Å². The lowest BCUT2D eigenvalue weighted by atomic mass is 10.1. The first-order chi connectivity index (χ1) is 14.9. The maximum Gasteiger partial charge on any atom is 0.279 e. The Morgan fingerprint density at radius 1 is 0.935 bits per heavy atom. The second-order valence-corrected chi connectivity index (χ2v) is 8.03. The lowest BCUT2D eigenvalue weighted by Gasteiger charge is -2.34. The van der Waals surface area contributed by atoms with Crippen molar-refractivity contribution in [1.82, 2.24) is 20.7 Å². The van der Waals surface area contributed by atoms with Crippen molar-refractivity contribution in [3.05, 3.63) is 65.2 Å². The molecule has 1 heterocycles. The summed E-state index contributed by atoms with van der Waals surface area (Å²) in [5, 5.41) is 0. The molecular formula is C24H32N4O3. The molecule has 7 heteroatoms. The van der Waals surface area contributed by atoms with E-state index in [1.54, 1.807) is 6.92 Å². The molecule has 2 aromatic carbocycles. The van der Waals surface area contributed by atoms with Crippen LogP contribution in [0.1, 0.15) is 23.6 Å². The fourth-order valence-electron chi connectivity index (χ4n) is 3.52. The van der Waals surface area contributed by atoms with Crippen molar-refractivity contribution >= 4 is 11.8 Å². The number of amides is 2. The number of carbonyl (C=O) groups is 2. The van der Waals surface area contributed by atoms with Gasteiger partial charge in [-0.15, -0.1) is 0 Å². The predicted octanol–water partition coefficient (Wildman–Crippen LogP) is 2.04. The van der Waals surface area contributed by atoms with Crippen molar-refractivity contribution in [2.75, 3.05) is 32.7 Å². The minimum Gasteiger partial charge on any atom is -0.481 e. The maximum atomic E-state index is 12.3. The average molecular weight is 425 g/mol. The maximum absolute atomic E-state index is 12.3. The van der Waals surface area contributed by atoms with Crippen LogP contribution in [0.3, 0.4) is 0 Å². The summed E-state index contributed by atoms with van der Waals surface area (Å²) >= 11 is 0. The second-order valence-electron chi connectivity index (χ2n) is 8.03. The number of hydrazine groups is 1. The lowest BCUT2D eigenvalue weighted by molar-refractivity contribution is -0.133. The van der Waals surface area contributed by atoms with E-state index in [9.17, 15) is 9.59 Å². The molecule has 2 N–H and O–H groups in total. The van der Waals surface area contributed by atoms with Gasteiger partial charge in [-0.1, -0.05) is 42.5 Å². The third-order valence-electron chi connectivity index (χ3n) is 5.63. The molecule has 1 fully saturated rings. The monoisotopic (exact) mass is 424 g/mol. The first-order valence-corrected chi connectivity index (χ1v) is 10.7. The minimum absolute atomic E-state index is 0.233. The summed E-state index contributed by atoms with van der Waals surface area (Å²) in [6.45, 7) is 10.3. The van der Waals surface area contributed by atoms with Gasteiger partial charge in [0.1, 0.15) is 5.75 Å². The molecule has 166 valence electrons. The predicted molar refractivity (Wildman–Crippen MR) is 120 cm³/mol. The highest BCUT2D eigenvalue weighted by Crippen LogP contribution is 2.21. The molecule has 0 radical (unpaired) electrons. The normalized spacial score (nSPS) is 15.8. The van der Waals surface area contributed by atoms with Crippen molar-refractivity contribution in [3.8, 4) is 5.75 Å². The summed E-state index contributed by atoms with van der Waals surface area (Å²) in [4.78, 5) is 29.0. The van der Waals surface area contributed by atoms with Crippen molar-refractivity contribution < 1.29 is 14.3 Å². The molecule has 2 aromatic rings. The number of hydrogen-bond acceptors (Lipinski definition) is 5. The molecule has 1 unspecified atom stereocenters. The van der Waals surface area contributed by atoms with Crippen LogP contribution in [-0.2, 0) is 16.1 Å². The van der Waals surface area contributed by atoms with E-state index in [1.807, 2.05) is 38.1 Å². The topological polar surface area (TPSA) is 73.9 Å². The Kier molecular flexibility index (Phi) is 8.03. The molecule has 2 amide bonds. The van der Waals surface area contributed by atoms with E-state index in [0.717, 1.165) is 43.9 Å². The van der Waals surface area contributed by atoms with Crippen LogP contribution in [0.25, 0.3) is 0 Å². The largest absolute Gasteiger partial charge is 0.481 e. The third kappa shape index (κ3) is 6.80. The third-order valence-corrected chi connectivity index (χ3v) is 5.63. The highest BCUT2D eigenvalue weighted by atomic mass is 16.5. The fraction of sp³-hybridized carbons (Fsp3) is 0.417. The number of piperazine rings is 1. The van der Waals surface area contributed by atoms with E-state index in [1.165, 1.54) is 5.56 Å². The molecule has 1 aliphatic rings. The van der Waals surface area contributed by atoms with Crippen LogP contribution >= 0.6 is 0 Å². The van der Waals surface area contributed by atoms with E-state index in [-0.39, 0.29) is 18.4 Å². The van der Waals surface area contributed by atoms with Crippen LogP contribution in [0.4, 0.5) is 0 Å². The fourth-order valence-corrected chi connectivity index (χ4v) is 3.52. The minimum atomic E-state index is -0.720. The summed E-state index contributed by atoms with van der Waals surface area (Å²) < 4.78 is 5.75. The summed E-state index contributed by atoms with van der Waals surface area (Å²) in [7, 11) is 0. The van der Waals surface area contributed by atoms with E-state index >= 15 is 0 Å². The average Bonchev–Trinajstić information content (AvgIpc) is 2.77. The first-order valence-electron chi connectivity index (χ1n) is 10.7. The van der Waals surface area contributed by atoms with Gasteiger partial charge in [-0.05, 0) is 43.5 Å².